The van der Waals surface area contributed by atoms with Gasteiger partial charge >= 0.3 is 0 Å². The number of H-pyrrole nitrogens is 1. The highest BCUT2D eigenvalue weighted by atomic mass is 16.3. The molecule has 0 saturated carbocycles. The lowest BCUT2D eigenvalue weighted by Crippen LogP contribution is -1.87. The van der Waals surface area contributed by atoms with Crippen LogP contribution in [0.15, 0.2) is 52.9 Å². The summed E-state index contributed by atoms with van der Waals surface area (Å²) in [5, 5.41) is 10.6. The fraction of sp³-hybridized carbons (Fsp3) is 0.100. The molecule has 1 N–H and O–H groups in total. The molecule has 24 heavy (non-hydrogen) atoms. The summed E-state index contributed by atoms with van der Waals surface area (Å²) in [5.74, 6) is 1.45. The van der Waals surface area contributed by atoms with Gasteiger partial charge in [0.05, 0.1) is 16.6 Å². The van der Waals surface area contributed by atoms with Gasteiger partial charge in [-0.25, -0.2) is 4.98 Å². The molecule has 0 saturated heterocycles. The van der Waals surface area contributed by atoms with Crippen LogP contribution in [0.1, 0.15) is 24.1 Å². The van der Waals surface area contributed by atoms with Crippen LogP contribution in [0, 0.1) is 11.3 Å². The van der Waals surface area contributed by atoms with Gasteiger partial charge in [0, 0.05) is 17.4 Å². The molecule has 4 aromatic rings. The minimum Gasteiger partial charge on any atom is -0.460 e. The van der Waals surface area contributed by atoms with E-state index in [0.717, 1.165) is 39.7 Å². The van der Waals surface area contributed by atoms with E-state index in [0.29, 0.717) is 11.4 Å². The Morgan fingerprint density at radius 2 is 2.00 bits per heavy atom. The highest BCUT2D eigenvalue weighted by Crippen LogP contribution is 2.30. The van der Waals surface area contributed by atoms with Gasteiger partial charge in [-0.1, -0.05) is 37.3 Å². The van der Waals surface area contributed by atoms with Crippen molar-refractivity contribution in [1.82, 2.24) is 9.97 Å². The normalized spacial score (nSPS) is 11.9. The molecule has 4 nitrogen and oxygen atoms in total. The van der Waals surface area contributed by atoms with Crippen molar-refractivity contribution >= 4 is 33.7 Å². The molecule has 4 heteroatoms. The third-order valence-electron chi connectivity index (χ3n) is 4.09. The molecule has 2 aromatic heterocycles. The summed E-state index contributed by atoms with van der Waals surface area (Å²) in [6, 6.07) is 17.9. The first-order valence-corrected chi connectivity index (χ1v) is 7.87. The van der Waals surface area contributed by atoms with Gasteiger partial charge in [-0.05, 0) is 24.3 Å². The molecule has 0 fully saturated rings. The third kappa shape index (κ3) is 2.27. The summed E-state index contributed by atoms with van der Waals surface area (Å²) in [6.07, 6.45) is 2.63. The van der Waals surface area contributed by atoms with E-state index in [2.05, 4.69) is 16.0 Å². The number of aromatic amines is 1. The van der Waals surface area contributed by atoms with Crippen LogP contribution in [0.3, 0.4) is 0 Å². The molecule has 0 aliphatic heterocycles. The molecule has 0 aliphatic rings. The molecule has 4 rings (SSSR count). The quantitative estimate of drug-likeness (QED) is 0.545. The van der Waals surface area contributed by atoms with E-state index in [1.165, 1.54) is 0 Å². The minimum absolute atomic E-state index is 0.493. The van der Waals surface area contributed by atoms with Gasteiger partial charge in [-0.3, -0.25) is 0 Å². The van der Waals surface area contributed by atoms with Crippen molar-refractivity contribution in [3.8, 4) is 6.07 Å². The van der Waals surface area contributed by atoms with Crippen molar-refractivity contribution in [2.75, 3.05) is 0 Å². The summed E-state index contributed by atoms with van der Waals surface area (Å²) >= 11 is 0. The fourth-order valence-electron chi connectivity index (χ4n) is 2.92. The average Bonchev–Trinajstić information content (AvgIpc) is 3.20. The monoisotopic (exact) mass is 313 g/mol. The Morgan fingerprint density at radius 1 is 1.21 bits per heavy atom. The molecule has 2 heterocycles. The van der Waals surface area contributed by atoms with Crippen LogP contribution >= 0.6 is 0 Å². The second kappa shape index (κ2) is 5.71. The lowest BCUT2D eigenvalue weighted by molar-refractivity contribution is 0.556. The lowest BCUT2D eigenvalue weighted by Gasteiger charge is -1.96. The van der Waals surface area contributed by atoms with Crippen LogP contribution in [0.4, 0.5) is 0 Å². The van der Waals surface area contributed by atoms with Crippen molar-refractivity contribution < 1.29 is 4.42 Å². The first kappa shape index (κ1) is 14.3. The van der Waals surface area contributed by atoms with Crippen molar-refractivity contribution in [1.29, 1.82) is 5.26 Å². The van der Waals surface area contributed by atoms with Gasteiger partial charge in [-0.2, -0.15) is 5.26 Å². The Balaban J connectivity index is 1.91. The van der Waals surface area contributed by atoms with Gasteiger partial charge in [0.25, 0.3) is 0 Å². The number of nitrogens with zero attached hydrogens (tertiary/aromatic N) is 2. The zero-order chi connectivity index (χ0) is 16.5. The first-order chi connectivity index (χ1) is 11.8. The van der Waals surface area contributed by atoms with E-state index in [4.69, 9.17) is 4.42 Å². The largest absolute Gasteiger partial charge is 0.460 e. The predicted octanol–water partition coefficient (Wildman–Crippen LogP) is 4.94. The number of fused-ring (bicyclic) bond motifs is 2. The Hall–Kier alpha value is -3.32. The molecule has 116 valence electrons. The molecule has 0 bridgehead atoms. The Bertz CT molecular complexity index is 1080. The van der Waals surface area contributed by atoms with Crippen molar-refractivity contribution in [2.24, 2.45) is 0 Å². The number of allylic oxidation sites excluding steroid dienone is 1. The van der Waals surface area contributed by atoms with Crippen molar-refractivity contribution in [2.45, 2.75) is 13.3 Å². The topological polar surface area (TPSA) is 65.6 Å². The van der Waals surface area contributed by atoms with Gasteiger partial charge in [0.1, 0.15) is 23.2 Å². The zero-order valence-electron chi connectivity index (χ0n) is 13.2. The molecule has 0 radical (unpaired) electrons. The van der Waals surface area contributed by atoms with E-state index in [-0.39, 0.29) is 0 Å². The summed E-state index contributed by atoms with van der Waals surface area (Å²) < 4.78 is 5.90. The molecule has 0 amide bonds. The molecule has 0 spiro atoms. The number of benzene rings is 2. The highest BCUT2D eigenvalue weighted by Gasteiger charge is 2.14. The van der Waals surface area contributed by atoms with Crippen LogP contribution in [0.25, 0.3) is 33.7 Å². The smallest absolute Gasteiger partial charge is 0.149 e. The van der Waals surface area contributed by atoms with Crippen molar-refractivity contribution in [3.05, 3.63) is 65.7 Å². The Kier molecular flexibility index (Phi) is 3.40. The number of para-hydroxylation sites is 3. The predicted molar refractivity (Wildman–Crippen MR) is 95.2 cm³/mol. The third-order valence-corrected chi connectivity index (χ3v) is 4.09. The number of rotatable bonds is 3. The lowest BCUT2D eigenvalue weighted by atomic mass is 10.1. The number of aryl methyl sites for hydroxylation is 1. The van der Waals surface area contributed by atoms with E-state index in [1.807, 2.05) is 61.5 Å². The SMILES string of the molecule is CCc1oc2ccccc2c1/C=C(\C#N)c1nc2ccccc2[nH]1. The standard InChI is InChI=1S/C20H15N3O/c1-2-18-15(14-7-3-6-10-19(14)24-18)11-13(12-21)20-22-16-8-4-5-9-17(16)23-20/h3-11H,2H2,1H3,(H,22,23)/b13-11+. The van der Waals surface area contributed by atoms with Crippen molar-refractivity contribution in [3.63, 3.8) is 0 Å². The number of furan rings is 1. The van der Waals surface area contributed by atoms with Gasteiger partial charge < -0.3 is 9.40 Å². The Morgan fingerprint density at radius 3 is 2.79 bits per heavy atom. The maximum atomic E-state index is 9.63. The minimum atomic E-state index is 0.493. The number of hydrogen-bond donors (Lipinski definition) is 1. The summed E-state index contributed by atoms with van der Waals surface area (Å²) in [7, 11) is 0. The van der Waals surface area contributed by atoms with Gasteiger partial charge in [0.2, 0.25) is 0 Å². The molecule has 2 aromatic carbocycles. The number of imidazole rings is 1. The number of nitrogens with one attached hydrogen (secondary N) is 1. The highest BCUT2D eigenvalue weighted by molar-refractivity contribution is 5.97. The fourth-order valence-corrected chi connectivity index (χ4v) is 2.92. The molecule has 0 unspecified atom stereocenters. The maximum Gasteiger partial charge on any atom is 0.149 e. The summed E-state index contributed by atoms with van der Waals surface area (Å²) in [5.41, 5.74) is 4.04. The van der Waals surface area contributed by atoms with Gasteiger partial charge in [-0.15, -0.1) is 0 Å². The number of aromatic nitrogens is 2. The summed E-state index contributed by atoms with van der Waals surface area (Å²) in [6.45, 7) is 2.04. The molecule has 0 aliphatic carbocycles. The molecular weight excluding hydrogens is 298 g/mol. The maximum absolute atomic E-state index is 9.63. The van der Waals surface area contributed by atoms with E-state index >= 15 is 0 Å². The average molecular weight is 313 g/mol. The Labute approximate surface area is 139 Å². The second-order valence-corrected chi connectivity index (χ2v) is 5.56. The zero-order valence-corrected chi connectivity index (χ0v) is 13.2. The van der Waals surface area contributed by atoms with Crippen LogP contribution < -0.4 is 0 Å². The number of hydrogen-bond acceptors (Lipinski definition) is 3. The molecule has 0 atom stereocenters. The number of nitriles is 1. The molecular formula is C20H15N3O. The summed E-state index contributed by atoms with van der Waals surface area (Å²) in [4.78, 5) is 7.74. The first-order valence-electron chi connectivity index (χ1n) is 7.87. The second-order valence-electron chi connectivity index (χ2n) is 5.56. The van der Waals surface area contributed by atoms with E-state index in [9.17, 15) is 5.26 Å². The van der Waals surface area contributed by atoms with Crippen LogP contribution in [-0.2, 0) is 6.42 Å². The van der Waals surface area contributed by atoms with Crippen LogP contribution in [-0.4, -0.2) is 9.97 Å². The van der Waals surface area contributed by atoms with Crippen LogP contribution in [0.5, 0.6) is 0 Å². The van der Waals surface area contributed by atoms with E-state index in [1.54, 1.807) is 0 Å². The van der Waals surface area contributed by atoms with E-state index < -0.39 is 0 Å². The van der Waals surface area contributed by atoms with Crippen LogP contribution in [0.2, 0.25) is 0 Å². The van der Waals surface area contributed by atoms with Gasteiger partial charge in [0.15, 0.2) is 0 Å².